The van der Waals surface area contributed by atoms with Gasteiger partial charge >= 0.3 is 6.03 Å². The lowest BCUT2D eigenvalue weighted by molar-refractivity contribution is 0.218. The number of hydrogen-bond donors (Lipinski definition) is 2. The topological polar surface area (TPSA) is 57.3 Å². The molecule has 0 aliphatic heterocycles. The number of fused-ring (bicyclic) bond motifs is 1. The first-order valence-corrected chi connectivity index (χ1v) is 7.01. The van der Waals surface area contributed by atoms with E-state index in [2.05, 4.69) is 15.6 Å². The minimum Gasteiger partial charge on any atom is -0.360 e. The molecule has 0 radical (unpaired) electrons. The Labute approximate surface area is 120 Å². The summed E-state index contributed by atoms with van der Waals surface area (Å²) < 4.78 is 1.09. The van der Waals surface area contributed by atoms with Crippen LogP contribution >= 0.6 is 22.9 Å². The molecule has 5 nitrogen and oxygen atoms in total. The summed E-state index contributed by atoms with van der Waals surface area (Å²) in [6.45, 7) is 1.18. The lowest BCUT2D eigenvalue weighted by atomic mass is 10.3. The van der Waals surface area contributed by atoms with E-state index < -0.39 is 0 Å². The van der Waals surface area contributed by atoms with Crippen LogP contribution in [0.5, 0.6) is 0 Å². The van der Waals surface area contributed by atoms with E-state index in [1.807, 2.05) is 18.2 Å². The monoisotopic (exact) mass is 298 g/mol. The fraction of sp³-hybridized carbons (Fsp3) is 0.333. The molecule has 0 unspecified atom stereocenters. The highest BCUT2D eigenvalue weighted by Gasteiger charge is 2.04. The van der Waals surface area contributed by atoms with E-state index >= 15 is 0 Å². The predicted molar refractivity (Wildman–Crippen MR) is 80.2 cm³/mol. The van der Waals surface area contributed by atoms with Crippen LogP contribution in [0, 0.1) is 0 Å². The summed E-state index contributed by atoms with van der Waals surface area (Å²) in [5.41, 5.74) is 0.886. The summed E-state index contributed by atoms with van der Waals surface area (Å²) >= 11 is 7.48. The highest BCUT2D eigenvalue weighted by atomic mass is 35.5. The van der Waals surface area contributed by atoms with Gasteiger partial charge in [0.15, 0.2) is 5.13 Å². The van der Waals surface area contributed by atoms with Crippen molar-refractivity contribution in [1.29, 1.82) is 0 Å². The highest BCUT2D eigenvalue weighted by Crippen LogP contribution is 2.27. The zero-order valence-electron chi connectivity index (χ0n) is 10.7. The molecular formula is C12H15ClN4OS. The number of carbonyl (C=O) groups is 1. The van der Waals surface area contributed by atoms with Gasteiger partial charge in [-0.1, -0.05) is 22.9 Å². The maximum Gasteiger partial charge on any atom is 0.316 e. The van der Waals surface area contributed by atoms with E-state index in [-0.39, 0.29) is 6.03 Å². The molecule has 0 spiro atoms. The van der Waals surface area contributed by atoms with Gasteiger partial charge in [-0.2, -0.15) is 0 Å². The van der Waals surface area contributed by atoms with Gasteiger partial charge in [0.1, 0.15) is 0 Å². The van der Waals surface area contributed by atoms with Crippen LogP contribution in [-0.2, 0) is 0 Å². The molecule has 1 aromatic heterocycles. The van der Waals surface area contributed by atoms with Crippen molar-refractivity contribution >= 4 is 44.3 Å². The van der Waals surface area contributed by atoms with Crippen LogP contribution in [0.2, 0.25) is 5.02 Å². The number of benzene rings is 1. The first-order valence-electron chi connectivity index (χ1n) is 5.81. The van der Waals surface area contributed by atoms with Crippen LogP contribution in [0.15, 0.2) is 18.2 Å². The van der Waals surface area contributed by atoms with Gasteiger partial charge in [0.05, 0.1) is 10.2 Å². The van der Waals surface area contributed by atoms with Crippen molar-refractivity contribution in [1.82, 2.24) is 15.2 Å². The summed E-state index contributed by atoms with van der Waals surface area (Å²) in [6, 6.07) is 5.54. The first-order chi connectivity index (χ1) is 9.06. The number of carbonyl (C=O) groups excluding carboxylic acids is 1. The Hall–Kier alpha value is -1.53. The number of urea groups is 1. The average Bonchev–Trinajstić information content (AvgIpc) is 2.75. The van der Waals surface area contributed by atoms with Gasteiger partial charge in [-0.3, -0.25) is 0 Å². The highest BCUT2D eigenvalue weighted by molar-refractivity contribution is 7.22. The summed E-state index contributed by atoms with van der Waals surface area (Å²) in [4.78, 5) is 17.2. The molecule has 1 heterocycles. The van der Waals surface area contributed by atoms with Crippen molar-refractivity contribution in [3.05, 3.63) is 23.2 Å². The molecule has 0 fully saturated rings. The second kappa shape index (κ2) is 6.08. The Morgan fingerprint density at radius 3 is 2.95 bits per heavy atom. The normalized spacial score (nSPS) is 10.5. The van der Waals surface area contributed by atoms with Crippen molar-refractivity contribution in [2.24, 2.45) is 0 Å². The molecule has 2 aromatic rings. The minimum absolute atomic E-state index is 0.0992. The summed E-state index contributed by atoms with van der Waals surface area (Å²) in [7, 11) is 3.42. The molecule has 0 aliphatic carbocycles. The molecular weight excluding hydrogens is 284 g/mol. The van der Waals surface area contributed by atoms with Crippen molar-refractivity contribution in [2.45, 2.75) is 0 Å². The Bertz CT molecular complexity index is 584. The maximum absolute atomic E-state index is 11.3. The number of anilines is 1. The van der Waals surface area contributed by atoms with E-state index in [0.29, 0.717) is 18.1 Å². The fourth-order valence-corrected chi connectivity index (χ4v) is 2.51. The first kappa shape index (κ1) is 13.9. The van der Waals surface area contributed by atoms with Crippen molar-refractivity contribution in [3.63, 3.8) is 0 Å². The smallest absolute Gasteiger partial charge is 0.316 e. The average molecular weight is 299 g/mol. The minimum atomic E-state index is -0.0992. The predicted octanol–water partition coefficient (Wildman–Crippen LogP) is 2.63. The SMILES string of the molecule is CN(C)C(=O)NCCNc1nc2cc(Cl)ccc2s1. The number of halogens is 1. The van der Waals surface area contributed by atoms with Crippen molar-refractivity contribution in [3.8, 4) is 0 Å². The Morgan fingerprint density at radius 1 is 1.42 bits per heavy atom. The third-order valence-electron chi connectivity index (χ3n) is 2.43. The van der Waals surface area contributed by atoms with Gasteiger partial charge in [-0.15, -0.1) is 0 Å². The molecule has 0 saturated carbocycles. The Balaban J connectivity index is 1.86. The lowest BCUT2D eigenvalue weighted by Gasteiger charge is -2.11. The molecule has 102 valence electrons. The number of amides is 2. The van der Waals surface area contributed by atoms with Gasteiger partial charge in [0, 0.05) is 32.2 Å². The third-order valence-corrected chi connectivity index (χ3v) is 3.66. The fourth-order valence-electron chi connectivity index (χ4n) is 1.47. The van der Waals surface area contributed by atoms with Gasteiger partial charge in [0.25, 0.3) is 0 Å². The summed E-state index contributed by atoms with van der Waals surface area (Å²) in [5.74, 6) is 0. The van der Waals surface area contributed by atoms with Crippen LogP contribution in [0.4, 0.5) is 9.93 Å². The van der Waals surface area contributed by atoms with E-state index in [0.717, 1.165) is 15.3 Å². The molecule has 0 atom stereocenters. The number of rotatable bonds is 4. The second-order valence-corrected chi connectivity index (χ2v) is 5.65. The number of hydrogen-bond acceptors (Lipinski definition) is 4. The Morgan fingerprint density at radius 2 is 2.21 bits per heavy atom. The van der Waals surface area contributed by atoms with E-state index in [1.165, 1.54) is 4.90 Å². The third kappa shape index (κ3) is 3.71. The second-order valence-electron chi connectivity index (χ2n) is 4.18. The van der Waals surface area contributed by atoms with Gasteiger partial charge in [0.2, 0.25) is 0 Å². The van der Waals surface area contributed by atoms with E-state index in [9.17, 15) is 4.79 Å². The van der Waals surface area contributed by atoms with Gasteiger partial charge in [-0.25, -0.2) is 9.78 Å². The van der Waals surface area contributed by atoms with Crippen LogP contribution < -0.4 is 10.6 Å². The van der Waals surface area contributed by atoms with Crippen LogP contribution in [0.1, 0.15) is 0 Å². The van der Waals surface area contributed by atoms with Crippen LogP contribution in [-0.4, -0.2) is 43.1 Å². The standard InChI is InChI=1S/C12H15ClN4OS/c1-17(2)12(18)15-6-5-14-11-16-9-7-8(13)3-4-10(9)19-11/h3-4,7H,5-6H2,1-2H3,(H,14,16)(H,15,18). The largest absolute Gasteiger partial charge is 0.360 e. The molecule has 0 aliphatic rings. The summed E-state index contributed by atoms with van der Waals surface area (Å²) in [6.07, 6.45) is 0. The van der Waals surface area contributed by atoms with Gasteiger partial charge in [-0.05, 0) is 18.2 Å². The van der Waals surface area contributed by atoms with Crippen molar-refractivity contribution in [2.75, 3.05) is 32.5 Å². The molecule has 0 bridgehead atoms. The van der Waals surface area contributed by atoms with E-state index in [4.69, 9.17) is 11.6 Å². The number of nitrogens with one attached hydrogen (secondary N) is 2. The molecule has 19 heavy (non-hydrogen) atoms. The quantitative estimate of drug-likeness (QED) is 0.853. The van der Waals surface area contributed by atoms with Crippen LogP contribution in [0.25, 0.3) is 10.2 Å². The zero-order valence-corrected chi connectivity index (χ0v) is 12.3. The van der Waals surface area contributed by atoms with Gasteiger partial charge < -0.3 is 15.5 Å². The number of thiazole rings is 1. The van der Waals surface area contributed by atoms with Crippen LogP contribution in [0.3, 0.4) is 0 Å². The Kier molecular flexibility index (Phi) is 4.44. The molecule has 2 amide bonds. The molecule has 1 aromatic carbocycles. The number of nitrogens with zero attached hydrogens (tertiary/aromatic N) is 2. The number of aromatic nitrogens is 1. The van der Waals surface area contributed by atoms with E-state index in [1.54, 1.807) is 25.4 Å². The molecule has 2 rings (SSSR count). The molecule has 0 saturated heterocycles. The molecule has 7 heteroatoms. The van der Waals surface area contributed by atoms with Crippen molar-refractivity contribution < 1.29 is 4.79 Å². The maximum atomic E-state index is 11.3. The lowest BCUT2D eigenvalue weighted by Crippen LogP contribution is -2.37. The summed E-state index contributed by atoms with van der Waals surface area (Å²) in [5, 5.41) is 7.47. The zero-order chi connectivity index (χ0) is 13.8. The molecule has 2 N–H and O–H groups in total.